The Morgan fingerprint density at radius 3 is 3.06 bits per heavy atom. The summed E-state index contributed by atoms with van der Waals surface area (Å²) in [5.74, 6) is 0.430. The minimum atomic E-state index is -0.136. The largest absolute Gasteiger partial charge is 0.391 e. The fraction of sp³-hybridized carbons (Fsp3) is 0.0909. The maximum Gasteiger partial charge on any atom is 0.157 e. The molecule has 0 saturated carbocycles. The Kier molecular flexibility index (Phi) is 2.31. The quantitative estimate of drug-likeness (QED) is 0.719. The van der Waals surface area contributed by atoms with Gasteiger partial charge in [0.25, 0.3) is 0 Å². The molecule has 3 aromatic rings. The van der Waals surface area contributed by atoms with Crippen LogP contribution >= 0.6 is 11.3 Å². The van der Waals surface area contributed by atoms with E-state index in [1.54, 1.807) is 22.0 Å². The van der Waals surface area contributed by atoms with E-state index < -0.39 is 0 Å². The molecular formula is C11H10N4OS. The first kappa shape index (κ1) is 10.2. The van der Waals surface area contributed by atoms with Crippen LogP contribution in [0.15, 0.2) is 29.1 Å². The third-order valence-corrected chi connectivity index (χ3v) is 3.27. The molecule has 3 heterocycles. The Morgan fingerprint density at radius 1 is 1.47 bits per heavy atom. The summed E-state index contributed by atoms with van der Waals surface area (Å²) in [5.41, 5.74) is 9.04. The molecular weight excluding hydrogens is 236 g/mol. The molecule has 0 aliphatic carbocycles. The molecule has 86 valence electrons. The summed E-state index contributed by atoms with van der Waals surface area (Å²) in [6, 6.07) is 3.87. The van der Waals surface area contributed by atoms with Gasteiger partial charge in [0.2, 0.25) is 0 Å². The first-order valence-corrected chi connectivity index (χ1v) is 6.00. The smallest absolute Gasteiger partial charge is 0.157 e. The van der Waals surface area contributed by atoms with Crippen LogP contribution < -0.4 is 5.73 Å². The van der Waals surface area contributed by atoms with Gasteiger partial charge < -0.3 is 10.8 Å². The zero-order valence-electron chi connectivity index (χ0n) is 8.87. The summed E-state index contributed by atoms with van der Waals surface area (Å²) in [5, 5.41) is 17.5. The maximum absolute atomic E-state index is 9.11. The summed E-state index contributed by atoms with van der Waals surface area (Å²) >= 11 is 1.62. The van der Waals surface area contributed by atoms with Crippen molar-refractivity contribution in [2.75, 3.05) is 5.73 Å². The number of nitrogens with zero attached hydrogens (tertiary/aromatic N) is 3. The van der Waals surface area contributed by atoms with E-state index in [0.29, 0.717) is 17.0 Å². The van der Waals surface area contributed by atoms with Gasteiger partial charge in [0, 0.05) is 28.8 Å². The lowest BCUT2D eigenvalue weighted by atomic mass is 10.2. The lowest BCUT2D eigenvalue weighted by Crippen LogP contribution is -2.04. The molecule has 17 heavy (non-hydrogen) atoms. The highest BCUT2D eigenvalue weighted by Gasteiger charge is 2.10. The first-order valence-electron chi connectivity index (χ1n) is 5.06. The van der Waals surface area contributed by atoms with Gasteiger partial charge in [0.05, 0.1) is 12.3 Å². The molecule has 6 heteroatoms. The van der Waals surface area contributed by atoms with Crippen LogP contribution in [-0.4, -0.2) is 19.7 Å². The van der Waals surface area contributed by atoms with Crippen LogP contribution in [0.2, 0.25) is 0 Å². The highest BCUT2D eigenvalue weighted by Crippen LogP contribution is 2.23. The zero-order valence-corrected chi connectivity index (χ0v) is 9.68. The molecule has 5 nitrogen and oxygen atoms in total. The number of anilines is 1. The maximum atomic E-state index is 9.11. The second-order valence-corrected chi connectivity index (χ2v) is 4.42. The molecule has 3 rings (SSSR count). The predicted octanol–water partition coefficient (Wildman–Crippen LogP) is 1.53. The van der Waals surface area contributed by atoms with Crippen LogP contribution in [0.4, 0.5) is 5.82 Å². The number of nitrogen functional groups attached to an aromatic ring is 1. The summed E-state index contributed by atoms with van der Waals surface area (Å²) in [7, 11) is 0. The summed E-state index contributed by atoms with van der Waals surface area (Å²) in [6.45, 7) is -0.136. The third kappa shape index (κ3) is 1.58. The van der Waals surface area contributed by atoms with Crippen LogP contribution in [0, 0.1) is 0 Å². The molecule has 3 aromatic heterocycles. The number of aliphatic hydroxyl groups excluding tert-OH is 1. The highest BCUT2D eigenvalue weighted by molar-refractivity contribution is 7.08. The van der Waals surface area contributed by atoms with Gasteiger partial charge in [-0.15, -0.1) is 0 Å². The van der Waals surface area contributed by atoms with Crippen molar-refractivity contribution in [3.63, 3.8) is 0 Å². The van der Waals surface area contributed by atoms with Crippen LogP contribution in [0.1, 0.15) is 5.56 Å². The lowest BCUT2D eigenvalue weighted by molar-refractivity contribution is 0.281. The molecule has 0 aliphatic heterocycles. The average Bonchev–Trinajstić information content (AvgIpc) is 2.98. The summed E-state index contributed by atoms with van der Waals surface area (Å²) in [6.07, 6.45) is 1.57. The number of nitrogens with two attached hydrogens (primary N) is 1. The zero-order chi connectivity index (χ0) is 11.8. The van der Waals surface area contributed by atoms with Crippen LogP contribution in [0.5, 0.6) is 0 Å². The monoisotopic (exact) mass is 246 g/mol. The minimum absolute atomic E-state index is 0.136. The summed E-state index contributed by atoms with van der Waals surface area (Å²) < 4.78 is 1.55. The number of hydrogen-bond donors (Lipinski definition) is 2. The van der Waals surface area contributed by atoms with E-state index in [2.05, 4.69) is 10.1 Å². The second-order valence-electron chi connectivity index (χ2n) is 3.64. The van der Waals surface area contributed by atoms with E-state index in [1.807, 2.05) is 22.9 Å². The van der Waals surface area contributed by atoms with E-state index in [0.717, 1.165) is 11.3 Å². The SMILES string of the molecule is Nc1c(CO)cnc2cc(-c3ccsc3)nn12. The van der Waals surface area contributed by atoms with Crippen molar-refractivity contribution in [1.29, 1.82) is 0 Å². The van der Waals surface area contributed by atoms with Gasteiger partial charge in [-0.25, -0.2) is 4.98 Å². The van der Waals surface area contributed by atoms with Crippen molar-refractivity contribution < 1.29 is 5.11 Å². The molecule has 0 aliphatic rings. The molecule has 0 unspecified atom stereocenters. The Bertz CT molecular complexity index is 659. The van der Waals surface area contributed by atoms with Crippen LogP contribution in [0.3, 0.4) is 0 Å². The Morgan fingerprint density at radius 2 is 2.35 bits per heavy atom. The molecule has 0 saturated heterocycles. The Hall–Kier alpha value is -1.92. The van der Waals surface area contributed by atoms with E-state index >= 15 is 0 Å². The normalized spacial score (nSPS) is 11.1. The predicted molar refractivity (Wildman–Crippen MR) is 66.6 cm³/mol. The summed E-state index contributed by atoms with van der Waals surface area (Å²) in [4.78, 5) is 4.21. The van der Waals surface area contributed by atoms with Gasteiger partial charge in [0.1, 0.15) is 5.82 Å². The molecule has 0 spiro atoms. The number of aliphatic hydroxyl groups is 1. The lowest BCUT2D eigenvalue weighted by Gasteiger charge is -2.02. The molecule has 0 bridgehead atoms. The molecule has 0 aromatic carbocycles. The fourth-order valence-corrected chi connectivity index (χ4v) is 2.31. The van der Waals surface area contributed by atoms with Gasteiger partial charge in [-0.2, -0.15) is 21.0 Å². The molecule has 0 amide bonds. The Labute approximate surface area is 101 Å². The van der Waals surface area contributed by atoms with Crippen molar-refractivity contribution >= 4 is 22.8 Å². The second kappa shape index (κ2) is 3.83. The van der Waals surface area contributed by atoms with Crippen molar-refractivity contribution in [3.8, 4) is 11.3 Å². The Balaban J connectivity index is 2.23. The number of hydrogen-bond acceptors (Lipinski definition) is 5. The molecule has 3 N–H and O–H groups in total. The van der Waals surface area contributed by atoms with Gasteiger partial charge in [-0.05, 0) is 11.4 Å². The molecule has 0 atom stereocenters. The standard InChI is InChI=1S/C11H10N4OS/c12-11-8(5-16)4-13-10-3-9(14-15(10)11)7-1-2-17-6-7/h1-4,6,16H,5,12H2. The van der Waals surface area contributed by atoms with Gasteiger partial charge in [-0.1, -0.05) is 0 Å². The van der Waals surface area contributed by atoms with Gasteiger partial charge in [0.15, 0.2) is 5.65 Å². The first-order chi connectivity index (χ1) is 8.29. The van der Waals surface area contributed by atoms with Crippen molar-refractivity contribution in [3.05, 3.63) is 34.7 Å². The average molecular weight is 246 g/mol. The van der Waals surface area contributed by atoms with Gasteiger partial charge in [-0.3, -0.25) is 0 Å². The number of thiophene rings is 1. The minimum Gasteiger partial charge on any atom is -0.391 e. The van der Waals surface area contributed by atoms with Crippen molar-refractivity contribution in [2.45, 2.75) is 6.61 Å². The number of fused-ring (bicyclic) bond motifs is 1. The fourth-order valence-electron chi connectivity index (χ4n) is 1.66. The number of rotatable bonds is 2. The van der Waals surface area contributed by atoms with Crippen LogP contribution in [-0.2, 0) is 6.61 Å². The topological polar surface area (TPSA) is 76.4 Å². The van der Waals surface area contributed by atoms with E-state index in [-0.39, 0.29) is 6.61 Å². The van der Waals surface area contributed by atoms with E-state index in [9.17, 15) is 0 Å². The van der Waals surface area contributed by atoms with E-state index in [1.165, 1.54) is 0 Å². The highest BCUT2D eigenvalue weighted by atomic mass is 32.1. The number of aromatic nitrogens is 3. The van der Waals surface area contributed by atoms with Crippen molar-refractivity contribution in [1.82, 2.24) is 14.6 Å². The van der Waals surface area contributed by atoms with E-state index in [4.69, 9.17) is 10.8 Å². The molecule has 0 fully saturated rings. The third-order valence-electron chi connectivity index (χ3n) is 2.59. The van der Waals surface area contributed by atoms with Crippen molar-refractivity contribution in [2.24, 2.45) is 0 Å². The van der Waals surface area contributed by atoms with Gasteiger partial charge >= 0.3 is 0 Å². The van der Waals surface area contributed by atoms with Crippen LogP contribution in [0.25, 0.3) is 16.9 Å². The molecule has 0 radical (unpaired) electrons.